The van der Waals surface area contributed by atoms with E-state index in [1.165, 1.54) is 12.5 Å². The molecule has 10 heavy (non-hydrogen) atoms. The molecule has 0 bridgehead atoms. The van der Waals surface area contributed by atoms with Gasteiger partial charge in [0.1, 0.15) is 0 Å². The summed E-state index contributed by atoms with van der Waals surface area (Å²) in [5.41, 5.74) is 0.717. The second kappa shape index (κ2) is 3.39. The first-order valence-electron chi connectivity index (χ1n) is 3.15. The average molecular weight is 142 g/mol. The Hall–Kier alpha value is -0.800. The molecule has 3 nitrogen and oxygen atoms in total. The summed E-state index contributed by atoms with van der Waals surface area (Å²) in [6.07, 6.45) is 2.74. The molecule has 0 aliphatic heterocycles. The second-order valence-corrected chi connectivity index (χ2v) is 2.08. The van der Waals surface area contributed by atoms with E-state index in [2.05, 4.69) is 0 Å². The summed E-state index contributed by atoms with van der Waals surface area (Å²) in [6.45, 7) is -0.00759. The van der Waals surface area contributed by atoms with Gasteiger partial charge < -0.3 is 14.6 Å². The number of hydrogen-bond donors (Lipinski definition) is 2. The van der Waals surface area contributed by atoms with Gasteiger partial charge in [-0.15, -0.1) is 0 Å². The minimum Gasteiger partial charge on any atom is -0.472 e. The molecule has 3 heteroatoms. The fourth-order valence-corrected chi connectivity index (χ4v) is 0.754. The van der Waals surface area contributed by atoms with Gasteiger partial charge in [0, 0.05) is 18.6 Å². The van der Waals surface area contributed by atoms with Crippen LogP contribution in [-0.4, -0.2) is 16.8 Å². The van der Waals surface area contributed by atoms with Crippen LogP contribution in [0.3, 0.4) is 0 Å². The van der Waals surface area contributed by atoms with Crippen LogP contribution in [0, 0.1) is 0 Å². The highest BCUT2D eigenvalue weighted by Crippen LogP contribution is 2.15. The molecule has 56 valence electrons. The summed E-state index contributed by atoms with van der Waals surface area (Å²) >= 11 is 0. The van der Waals surface area contributed by atoms with E-state index in [-0.39, 0.29) is 6.61 Å². The Bertz CT molecular complexity index is 169. The molecule has 0 saturated carbocycles. The van der Waals surface area contributed by atoms with E-state index in [4.69, 9.17) is 9.52 Å². The SMILES string of the molecule is OCC[C@@H](O)c1ccoc1. The smallest absolute Gasteiger partial charge is 0.0960 e. The van der Waals surface area contributed by atoms with Gasteiger partial charge in [-0.1, -0.05) is 0 Å². The van der Waals surface area contributed by atoms with E-state index in [1.54, 1.807) is 6.07 Å². The standard InChI is InChI=1S/C7H10O3/c8-3-1-7(9)6-2-4-10-5-6/h2,4-5,7-9H,1,3H2/t7-/m1/s1. The Kier molecular flexibility index (Phi) is 2.48. The number of rotatable bonds is 3. The Morgan fingerprint density at radius 1 is 1.60 bits per heavy atom. The zero-order chi connectivity index (χ0) is 7.40. The lowest BCUT2D eigenvalue weighted by molar-refractivity contribution is 0.134. The first-order valence-corrected chi connectivity index (χ1v) is 3.15. The van der Waals surface area contributed by atoms with Crippen molar-refractivity contribution >= 4 is 0 Å². The minimum absolute atomic E-state index is 0.00759. The monoisotopic (exact) mass is 142 g/mol. The molecular formula is C7H10O3. The second-order valence-electron chi connectivity index (χ2n) is 2.08. The third kappa shape index (κ3) is 1.59. The quantitative estimate of drug-likeness (QED) is 0.653. The zero-order valence-corrected chi connectivity index (χ0v) is 5.53. The molecule has 0 aromatic carbocycles. The van der Waals surface area contributed by atoms with E-state index in [0.29, 0.717) is 12.0 Å². The van der Waals surface area contributed by atoms with Gasteiger partial charge in [-0.05, 0) is 6.07 Å². The fraction of sp³-hybridized carbons (Fsp3) is 0.429. The van der Waals surface area contributed by atoms with Crippen molar-refractivity contribution < 1.29 is 14.6 Å². The molecular weight excluding hydrogens is 132 g/mol. The Labute approximate surface area is 58.9 Å². The van der Waals surface area contributed by atoms with Gasteiger partial charge in [-0.2, -0.15) is 0 Å². The van der Waals surface area contributed by atoms with Crippen molar-refractivity contribution in [2.45, 2.75) is 12.5 Å². The molecule has 1 aromatic rings. The van der Waals surface area contributed by atoms with Crippen LogP contribution in [-0.2, 0) is 0 Å². The first-order chi connectivity index (χ1) is 4.84. The summed E-state index contributed by atoms with van der Waals surface area (Å²) < 4.78 is 4.74. The zero-order valence-electron chi connectivity index (χ0n) is 5.53. The van der Waals surface area contributed by atoms with Crippen LogP contribution < -0.4 is 0 Å². The Morgan fingerprint density at radius 3 is 2.90 bits per heavy atom. The molecule has 0 saturated heterocycles. The van der Waals surface area contributed by atoms with Crippen LogP contribution in [0.15, 0.2) is 23.0 Å². The average Bonchev–Trinajstić information content (AvgIpc) is 2.38. The van der Waals surface area contributed by atoms with Crippen LogP contribution in [0.25, 0.3) is 0 Å². The Morgan fingerprint density at radius 2 is 2.40 bits per heavy atom. The van der Waals surface area contributed by atoms with Gasteiger partial charge in [0.15, 0.2) is 0 Å². The lowest BCUT2D eigenvalue weighted by Gasteiger charge is -2.03. The normalized spacial score (nSPS) is 13.4. The number of aliphatic hydroxyl groups excluding tert-OH is 2. The van der Waals surface area contributed by atoms with Crippen molar-refractivity contribution in [3.8, 4) is 0 Å². The molecule has 0 aliphatic carbocycles. The number of hydrogen-bond acceptors (Lipinski definition) is 3. The van der Waals surface area contributed by atoms with Crippen molar-refractivity contribution in [1.29, 1.82) is 0 Å². The lowest BCUT2D eigenvalue weighted by Crippen LogP contribution is -1.97. The van der Waals surface area contributed by atoms with Crippen LogP contribution in [0.5, 0.6) is 0 Å². The highest BCUT2D eigenvalue weighted by atomic mass is 16.3. The van der Waals surface area contributed by atoms with Crippen LogP contribution >= 0.6 is 0 Å². The van der Waals surface area contributed by atoms with E-state index in [0.717, 1.165) is 0 Å². The van der Waals surface area contributed by atoms with E-state index in [9.17, 15) is 5.11 Å². The van der Waals surface area contributed by atoms with Crippen molar-refractivity contribution in [3.63, 3.8) is 0 Å². The first kappa shape index (κ1) is 7.31. The molecule has 0 radical (unpaired) electrons. The molecule has 1 atom stereocenters. The van der Waals surface area contributed by atoms with E-state index >= 15 is 0 Å². The molecule has 0 fully saturated rings. The molecule has 0 aliphatic rings. The summed E-state index contributed by atoms with van der Waals surface area (Å²) in [6, 6.07) is 1.68. The molecule has 1 heterocycles. The summed E-state index contributed by atoms with van der Waals surface area (Å²) in [4.78, 5) is 0. The molecule has 0 unspecified atom stereocenters. The number of furan rings is 1. The topological polar surface area (TPSA) is 53.6 Å². The highest BCUT2D eigenvalue weighted by molar-refractivity contribution is 5.08. The van der Waals surface area contributed by atoms with Crippen LogP contribution in [0.4, 0.5) is 0 Å². The van der Waals surface area contributed by atoms with Crippen LogP contribution in [0.2, 0.25) is 0 Å². The molecule has 1 aromatic heterocycles. The summed E-state index contributed by atoms with van der Waals surface area (Å²) in [7, 11) is 0. The maximum absolute atomic E-state index is 9.19. The predicted molar refractivity (Wildman–Crippen MR) is 35.4 cm³/mol. The Balaban J connectivity index is 2.50. The molecule has 0 spiro atoms. The maximum Gasteiger partial charge on any atom is 0.0960 e. The largest absolute Gasteiger partial charge is 0.472 e. The van der Waals surface area contributed by atoms with Gasteiger partial charge >= 0.3 is 0 Å². The number of aliphatic hydroxyl groups is 2. The van der Waals surface area contributed by atoms with E-state index < -0.39 is 6.10 Å². The van der Waals surface area contributed by atoms with Gasteiger partial charge in [-0.25, -0.2) is 0 Å². The van der Waals surface area contributed by atoms with Crippen molar-refractivity contribution in [2.24, 2.45) is 0 Å². The summed E-state index contributed by atoms with van der Waals surface area (Å²) in [5, 5.41) is 17.6. The van der Waals surface area contributed by atoms with Gasteiger partial charge in [-0.3, -0.25) is 0 Å². The third-order valence-electron chi connectivity index (χ3n) is 1.33. The maximum atomic E-state index is 9.19. The van der Waals surface area contributed by atoms with E-state index in [1.807, 2.05) is 0 Å². The highest BCUT2D eigenvalue weighted by Gasteiger charge is 2.06. The molecule has 2 N–H and O–H groups in total. The van der Waals surface area contributed by atoms with Crippen molar-refractivity contribution in [3.05, 3.63) is 24.2 Å². The fourth-order valence-electron chi connectivity index (χ4n) is 0.754. The lowest BCUT2D eigenvalue weighted by atomic mass is 10.1. The van der Waals surface area contributed by atoms with Gasteiger partial charge in [0.05, 0.1) is 18.6 Å². The third-order valence-corrected chi connectivity index (χ3v) is 1.33. The predicted octanol–water partition coefficient (Wildman–Crippen LogP) is 0.695. The minimum atomic E-state index is -0.594. The van der Waals surface area contributed by atoms with Gasteiger partial charge in [0.25, 0.3) is 0 Å². The summed E-state index contributed by atoms with van der Waals surface area (Å²) in [5.74, 6) is 0. The molecule has 0 amide bonds. The van der Waals surface area contributed by atoms with Crippen molar-refractivity contribution in [2.75, 3.05) is 6.61 Å². The van der Waals surface area contributed by atoms with Crippen molar-refractivity contribution in [1.82, 2.24) is 0 Å². The molecule has 1 rings (SSSR count). The van der Waals surface area contributed by atoms with Gasteiger partial charge in [0.2, 0.25) is 0 Å². The van der Waals surface area contributed by atoms with Crippen LogP contribution in [0.1, 0.15) is 18.1 Å².